The number of methoxy groups -OCH3 is 1. The van der Waals surface area contributed by atoms with Gasteiger partial charge in [-0.2, -0.15) is 0 Å². The summed E-state index contributed by atoms with van der Waals surface area (Å²) >= 11 is 0. The van der Waals surface area contributed by atoms with E-state index in [4.69, 9.17) is 9.47 Å². The maximum absolute atomic E-state index is 12.2. The summed E-state index contributed by atoms with van der Waals surface area (Å²) in [6.45, 7) is 1.30. The van der Waals surface area contributed by atoms with Crippen LogP contribution in [0.1, 0.15) is 18.5 Å². The van der Waals surface area contributed by atoms with Gasteiger partial charge in [0.15, 0.2) is 5.75 Å². The smallest absolute Gasteiger partial charge is 0.319 e. The molecule has 1 aromatic heterocycles. The summed E-state index contributed by atoms with van der Waals surface area (Å²) in [6, 6.07) is 9.37. The van der Waals surface area contributed by atoms with Crippen molar-refractivity contribution >= 4 is 17.7 Å². The van der Waals surface area contributed by atoms with Gasteiger partial charge < -0.3 is 25.2 Å². The predicted octanol–water partition coefficient (Wildman–Crippen LogP) is 2.22. The van der Waals surface area contributed by atoms with E-state index in [2.05, 4.69) is 15.6 Å². The van der Waals surface area contributed by atoms with Crippen molar-refractivity contribution in [1.29, 1.82) is 0 Å². The number of ether oxygens (including phenoxy) is 2. The van der Waals surface area contributed by atoms with Gasteiger partial charge in [0.1, 0.15) is 6.61 Å². The second-order valence-electron chi connectivity index (χ2n) is 5.12. The van der Waals surface area contributed by atoms with Crippen LogP contribution in [0.25, 0.3) is 0 Å². The van der Waals surface area contributed by atoms with Gasteiger partial charge in [0.05, 0.1) is 25.0 Å². The van der Waals surface area contributed by atoms with Gasteiger partial charge in [-0.1, -0.05) is 30.3 Å². The Morgan fingerprint density at radius 1 is 1.28 bits per heavy atom. The molecule has 0 aliphatic rings. The lowest BCUT2D eigenvalue weighted by Gasteiger charge is -2.19. The molecular weight excluding hydrogens is 326 g/mol. The predicted molar refractivity (Wildman–Crippen MR) is 90.4 cm³/mol. The zero-order valence-corrected chi connectivity index (χ0v) is 13.9. The summed E-state index contributed by atoms with van der Waals surface area (Å²) in [5.41, 5.74) is 1.07. The first-order chi connectivity index (χ1) is 12.0. The molecule has 25 heavy (non-hydrogen) atoms. The summed E-state index contributed by atoms with van der Waals surface area (Å²) in [7, 11) is 1.38. The van der Waals surface area contributed by atoms with Crippen LogP contribution in [-0.4, -0.2) is 35.8 Å². The molecule has 8 nitrogen and oxygen atoms in total. The number of pyridine rings is 1. The molecule has 0 aliphatic carbocycles. The first kappa shape index (κ1) is 18.1. The van der Waals surface area contributed by atoms with E-state index in [1.54, 1.807) is 0 Å². The number of benzene rings is 1. The van der Waals surface area contributed by atoms with Gasteiger partial charge in [0.2, 0.25) is 0 Å². The third-order valence-electron chi connectivity index (χ3n) is 3.24. The molecule has 1 aromatic carbocycles. The Labute approximate surface area is 144 Å². The van der Waals surface area contributed by atoms with Crippen LogP contribution in [0.2, 0.25) is 0 Å². The van der Waals surface area contributed by atoms with Crippen molar-refractivity contribution in [1.82, 2.24) is 10.3 Å². The number of nitrogens with one attached hydrogen (secondary N) is 2. The quantitative estimate of drug-likeness (QED) is 0.693. The Morgan fingerprint density at radius 3 is 2.60 bits per heavy atom. The molecule has 8 heteroatoms. The fraction of sp³-hybridized carbons (Fsp3) is 0.235. The summed E-state index contributed by atoms with van der Waals surface area (Å²) < 4.78 is 9.85. The van der Waals surface area contributed by atoms with Crippen LogP contribution in [0.15, 0.2) is 42.6 Å². The molecule has 2 rings (SSSR count). The Bertz CT molecular complexity index is 736. The molecule has 1 unspecified atom stereocenters. The maximum Gasteiger partial charge on any atom is 0.319 e. The molecule has 0 saturated carbocycles. The molecule has 2 amide bonds. The highest BCUT2D eigenvalue weighted by atomic mass is 16.5. The zero-order chi connectivity index (χ0) is 18.2. The number of amides is 2. The van der Waals surface area contributed by atoms with Crippen molar-refractivity contribution < 1.29 is 24.2 Å². The number of carbonyl (C=O) groups excluding carboxylic acids is 2. The lowest BCUT2D eigenvalue weighted by atomic mass is 10.1. The lowest BCUT2D eigenvalue weighted by Crippen LogP contribution is -2.35. The molecule has 0 aliphatic heterocycles. The molecule has 0 saturated heterocycles. The van der Waals surface area contributed by atoms with Crippen molar-refractivity contribution in [2.24, 2.45) is 0 Å². The van der Waals surface area contributed by atoms with E-state index >= 15 is 0 Å². The third-order valence-corrected chi connectivity index (χ3v) is 3.24. The van der Waals surface area contributed by atoms with Crippen LogP contribution in [0.5, 0.6) is 11.6 Å². The van der Waals surface area contributed by atoms with Crippen LogP contribution in [0, 0.1) is 0 Å². The maximum atomic E-state index is 12.2. The first-order valence-electron chi connectivity index (χ1n) is 7.48. The first-order valence-corrected chi connectivity index (χ1v) is 7.48. The van der Waals surface area contributed by atoms with E-state index in [-0.39, 0.29) is 23.9 Å². The summed E-state index contributed by atoms with van der Waals surface area (Å²) in [6.07, 6.45) is 1.35. The number of anilines is 1. The van der Waals surface area contributed by atoms with E-state index in [1.807, 2.05) is 30.3 Å². The molecule has 0 spiro atoms. The normalized spacial score (nSPS) is 11.3. The summed E-state index contributed by atoms with van der Waals surface area (Å²) in [5, 5.41) is 15.0. The average molecular weight is 345 g/mol. The number of hydrogen-bond donors (Lipinski definition) is 3. The van der Waals surface area contributed by atoms with Crippen LogP contribution in [0.3, 0.4) is 0 Å². The summed E-state index contributed by atoms with van der Waals surface area (Å²) in [4.78, 5) is 27.1. The SMILES string of the molecule is COc1ncc(NC(=O)NC(COC(C)=O)c2ccccc2)cc1O. The second-order valence-corrected chi connectivity index (χ2v) is 5.12. The van der Waals surface area contributed by atoms with Crippen LogP contribution in [-0.2, 0) is 9.53 Å². The van der Waals surface area contributed by atoms with Crippen molar-refractivity contribution in [3.05, 3.63) is 48.2 Å². The fourth-order valence-electron chi connectivity index (χ4n) is 2.10. The number of aromatic nitrogens is 1. The van der Waals surface area contributed by atoms with Crippen LogP contribution >= 0.6 is 0 Å². The molecule has 1 heterocycles. The molecule has 0 radical (unpaired) electrons. The van der Waals surface area contributed by atoms with Gasteiger partial charge in [0, 0.05) is 13.0 Å². The zero-order valence-electron chi connectivity index (χ0n) is 13.9. The number of urea groups is 1. The number of hydrogen-bond acceptors (Lipinski definition) is 6. The number of carbonyl (C=O) groups is 2. The van der Waals surface area contributed by atoms with Crippen molar-refractivity contribution in [3.8, 4) is 11.6 Å². The second kappa shape index (κ2) is 8.53. The molecule has 1 atom stereocenters. The minimum atomic E-state index is -0.535. The lowest BCUT2D eigenvalue weighted by molar-refractivity contribution is -0.141. The standard InChI is InChI=1S/C17H19N3O5/c1-11(21)25-10-14(12-6-4-3-5-7-12)20-17(23)19-13-8-15(22)16(24-2)18-9-13/h3-9,14,22H,10H2,1-2H3,(H2,19,20,23). The highest BCUT2D eigenvalue weighted by Crippen LogP contribution is 2.25. The molecule has 0 bridgehead atoms. The molecular formula is C17H19N3O5. The molecule has 3 N–H and O–H groups in total. The van der Waals surface area contributed by atoms with E-state index in [0.717, 1.165) is 5.56 Å². The Balaban J connectivity index is 2.05. The molecule has 132 valence electrons. The number of rotatable bonds is 6. The van der Waals surface area contributed by atoms with Crippen LogP contribution < -0.4 is 15.4 Å². The van der Waals surface area contributed by atoms with E-state index in [1.165, 1.54) is 26.3 Å². The van der Waals surface area contributed by atoms with Crippen LogP contribution in [0.4, 0.5) is 10.5 Å². The van der Waals surface area contributed by atoms with Gasteiger partial charge in [-0.15, -0.1) is 0 Å². The Hall–Kier alpha value is -3.29. The van der Waals surface area contributed by atoms with Crippen molar-refractivity contribution in [2.75, 3.05) is 19.0 Å². The van der Waals surface area contributed by atoms with E-state index in [9.17, 15) is 14.7 Å². The van der Waals surface area contributed by atoms with E-state index < -0.39 is 18.0 Å². The highest BCUT2D eigenvalue weighted by molar-refractivity contribution is 5.89. The van der Waals surface area contributed by atoms with Gasteiger partial charge >= 0.3 is 12.0 Å². The van der Waals surface area contributed by atoms with Crippen molar-refractivity contribution in [3.63, 3.8) is 0 Å². The Morgan fingerprint density at radius 2 is 2.00 bits per heavy atom. The number of aromatic hydroxyl groups is 1. The van der Waals surface area contributed by atoms with Gasteiger partial charge in [-0.3, -0.25) is 4.79 Å². The fourth-order valence-corrected chi connectivity index (χ4v) is 2.10. The monoisotopic (exact) mass is 345 g/mol. The largest absolute Gasteiger partial charge is 0.503 e. The van der Waals surface area contributed by atoms with Gasteiger partial charge in [-0.25, -0.2) is 9.78 Å². The number of esters is 1. The average Bonchev–Trinajstić information content (AvgIpc) is 2.59. The molecule has 2 aromatic rings. The third kappa shape index (κ3) is 5.38. The topological polar surface area (TPSA) is 110 Å². The van der Waals surface area contributed by atoms with Crippen molar-refractivity contribution in [2.45, 2.75) is 13.0 Å². The minimum Gasteiger partial charge on any atom is -0.503 e. The molecule has 0 fully saturated rings. The minimum absolute atomic E-state index is 0.00111. The van der Waals surface area contributed by atoms with E-state index in [0.29, 0.717) is 0 Å². The van der Waals surface area contributed by atoms with Gasteiger partial charge in [-0.05, 0) is 5.56 Å². The number of nitrogens with zero attached hydrogens (tertiary/aromatic N) is 1. The highest BCUT2D eigenvalue weighted by Gasteiger charge is 2.16. The summed E-state index contributed by atoms with van der Waals surface area (Å²) in [5.74, 6) is -0.574. The van der Waals surface area contributed by atoms with Gasteiger partial charge in [0.25, 0.3) is 5.88 Å². The Kier molecular flexibility index (Phi) is 6.16.